The van der Waals surface area contributed by atoms with Gasteiger partial charge < -0.3 is 19.1 Å². The number of amides is 1. The SMILES string of the molecule is COc1ccc(OC)c(COc2ccc(CN(C(=O)c3ccc(F)cc3)C3CC3)cc2)c1. The predicted octanol–water partition coefficient (Wildman–Crippen LogP) is 5.23. The van der Waals surface area contributed by atoms with Crippen molar-refractivity contribution in [3.05, 3.63) is 89.2 Å². The van der Waals surface area contributed by atoms with Gasteiger partial charge in [-0.3, -0.25) is 4.79 Å². The average molecular weight is 435 g/mol. The zero-order valence-corrected chi connectivity index (χ0v) is 18.2. The molecule has 0 aromatic heterocycles. The molecule has 1 aliphatic carbocycles. The lowest BCUT2D eigenvalue weighted by molar-refractivity contribution is 0.0730. The molecule has 4 rings (SSSR count). The van der Waals surface area contributed by atoms with Gasteiger partial charge in [0.2, 0.25) is 0 Å². The van der Waals surface area contributed by atoms with Crippen molar-refractivity contribution in [1.82, 2.24) is 4.90 Å². The summed E-state index contributed by atoms with van der Waals surface area (Å²) < 4.78 is 29.8. The van der Waals surface area contributed by atoms with E-state index in [0.29, 0.717) is 18.7 Å². The first-order valence-corrected chi connectivity index (χ1v) is 10.6. The van der Waals surface area contributed by atoms with Gasteiger partial charge in [0, 0.05) is 23.7 Å². The standard InChI is InChI=1S/C26H26FNO4/c1-30-24-13-14-25(31-2)20(15-24)17-32-23-11-3-18(4-12-23)16-28(22-9-10-22)26(29)19-5-7-21(27)8-6-19/h3-8,11-15,22H,9-10,16-17H2,1-2H3. The Morgan fingerprint density at radius 2 is 1.62 bits per heavy atom. The van der Waals surface area contributed by atoms with Crippen LogP contribution in [0.15, 0.2) is 66.7 Å². The minimum atomic E-state index is -0.346. The molecule has 0 bridgehead atoms. The molecule has 0 radical (unpaired) electrons. The van der Waals surface area contributed by atoms with E-state index in [1.54, 1.807) is 14.2 Å². The van der Waals surface area contributed by atoms with Crippen LogP contribution in [0.25, 0.3) is 0 Å². The number of ether oxygens (including phenoxy) is 3. The molecule has 1 fully saturated rings. The second-order valence-electron chi connectivity index (χ2n) is 7.78. The van der Waals surface area contributed by atoms with E-state index < -0.39 is 0 Å². The van der Waals surface area contributed by atoms with E-state index in [-0.39, 0.29) is 17.8 Å². The summed E-state index contributed by atoms with van der Waals surface area (Å²) in [5.74, 6) is 1.79. The van der Waals surface area contributed by atoms with Crippen LogP contribution in [0.1, 0.15) is 34.3 Å². The third kappa shape index (κ3) is 5.19. The molecule has 0 saturated heterocycles. The summed E-state index contributed by atoms with van der Waals surface area (Å²) in [6.45, 7) is 0.849. The highest BCUT2D eigenvalue weighted by Gasteiger charge is 2.33. The molecule has 6 heteroatoms. The molecule has 0 N–H and O–H groups in total. The van der Waals surface area contributed by atoms with Gasteiger partial charge in [-0.2, -0.15) is 0 Å². The van der Waals surface area contributed by atoms with Crippen molar-refractivity contribution < 1.29 is 23.4 Å². The van der Waals surface area contributed by atoms with Gasteiger partial charge in [-0.05, 0) is 73.0 Å². The maximum absolute atomic E-state index is 13.2. The number of rotatable bonds is 9. The van der Waals surface area contributed by atoms with E-state index in [4.69, 9.17) is 14.2 Å². The van der Waals surface area contributed by atoms with Crippen LogP contribution in [-0.4, -0.2) is 31.1 Å². The fraction of sp³-hybridized carbons (Fsp3) is 0.269. The molecule has 3 aromatic carbocycles. The van der Waals surface area contributed by atoms with Crippen molar-refractivity contribution in [1.29, 1.82) is 0 Å². The van der Waals surface area contributed by atoms with E-state index in [9.17, 15) is 9.18 Å². The van der Waals surface area contributed by atoms with Crippen LogP contribution >= 0.6 is 0 Å². The maximum Gasteiger partial charge on any atom is 0.254 e. The number of methoxy groups -OCH3 is 2. The monoisotopic (exact) mass is 435 g/mol. The molecular formula is C26H26FNO4. The fourth-order valence-electron chi connectivity index (χ4n) is 3.55. The van der Waals surface area contributed by atoms with Gasteiger partial charge >= 0.3 is 0 Å². The topological polar surface area (TPSA) is 48.0 Å². The third-order valence-corrected chi connectivity index (χ3v) is 5.50. The van der Waals surface area contributed by atoms with Crippen molar-refractivity contribution in [3.8, 4) is 17.2 Å². The lowest BCUT2D eigenvalue weighted by Crippen LogP contribution is -2.32. The van der Waals surface area contributed by atoms with Gasteiger partial charge in [-0.1, -0.05) is 12.1 Å². The summed E-state index contributed by atoms with van der Waals surface area (Å²) in [5, 5.41) is 0. The summed E-state index contributed by atoms with van der Waals surface area (Å²) in [6, 6.07) is 19.3. The van der Waals surface area contributed by atoms with Crippen LogP contribution in [0, 0.1) is 5.82 Å². The lowest BCUT2D eigenvalue weighted by atomic mass is 10.1. The predicted molar refractivity (Wildman–Crippen MR) is 120 cm³/mol. The number of halogens is 1. The first-order valence-electron chi connectivity index (χ1n) is 10.6. The molecule has 0 unspecified atom stereocenters. The Morgan fingerprint density at radius 1 is 0.938 bits per heavy atom. The quantitative estimate of drug-likeness (QED) is 0.462. The number of carbonyl (C=O) groups is 1. The summed E-state index contributed by atoms with van der Waals surface area (Å²) in [7, 11) is 3.25. The zero-order valence-electron chi connectivity index (χ0n) is 18.2. The average Bonchev–Trinajstić information content (AvgIpc) is 3.67. The Balaban J connectivity index is 1.41. The van der Waals surface area contributed by atoms with Gasteiger partial charge in [0.25, 0.3) is 5.91 Å². The highest BCUT2D eigenvalue weighted by molar-refractivity contribution is 5.94. The molecule has 5 nitrogen and oxygen atoms in total. The van der Waals surface area contributed by atoms with Crippen LogP contribution in [0.4, 0.5) is 4.39 Å². The Labute approximate surface area is 187 Å². The van der Waals surface area contributed by atoms with Crippen molar-refractivity contribution in [2.24, 2.45) is 0 Å². The second kappa shape index (κ2) is 9.73. The summed E-state index contributed by atoms with van der Waals surface area (Å²) >= 11 is 0. The molecule has 32 heavy (non-hydrogen) atoms. The minimum Gasteiger partial charge on any atom is -0.497 e. The molecular weight excluding hydrogens is 409 g/mol. The first kappa shape index (κ1) is 21.7. The van der Waals surface area contributed by atoms with E-state index in [1.807, 2.05) is 47.4 Å². The number of hydrogen-bond donors (Lipinski definition) is 0. The van der Waals surface area contributed by atoms with Crippen molar-refractivity contribution >= 4 is 5.91 Å². The van der Waals surface area contributed by atoms with E-state index in [1.165, 1.54) is 24.3 Å². The van der Waals surface area contributed by atoms with Gasteiger partial charge in [0.15, 0.2) is 0 Å². The molecule has 1 saturated carbocycles. The summed E-state index contributed by atoms with van der Waals surface area (Å²) in [4.78, 5) is 14.8. The van der Waals surface area contributed by atoms with Crippen molar-refractivity contribution in [2.75, 3.05) is 14.2 Å². The number of carbonyl (C=O) groups excluding carboxylic acids is 1. The highest BCUT2D eigenvalue weighted by Crippen LogP contribution is 2.30. The molecule has 1 aliphatic rings. The minimum absolute atomic E-state index is 0.0713. The molecule has 0 atom stereocenters. The Kier molecular flexibility index (Phi) is 6.59. The molecule has 166 valence electrons. The Hall–Kier alpha value is -3.54. The van der Waals surface area contributed by atoms with Crippen LogP contribution in [0.3, 0.4) is 0 Å². The van der Waals surface area contributed by atoms with E-state index in [0.717, 1.165) is 41.2 Å². The normalized spacial score (nSPS) is 12.8. The van der Waals surface area contributed by atoms with Crippen LogP contribution < -0.4 is 14.2 Å². The van der Waals surface area contributed by atoms with E-state index >= 15 is 0 Å². The van der Waals surface area contributed by atoms with Crippen LogP contribution in [-0.2, 0) is 13.2 Å². The first-order chi connectivity index (χ1) is 15.6. The second-order valence-corrected chi connectivity index (χ2v) is 7.78. The smallest absolute Gasteiger partial charge is 0.254 e. The Bertz CT molecular complexity index is 1060. The fourth-order valence-corrected chi connectivity index (χ4v) is 3.55. The van der Waals surface area contributed by atoms with Crippen molar-refractivity contribution in [3.63, 3.8) is 0 Å². The molecule has 0 aliphatic heterocycles. The van der Waals surface area contributed by atoms with Gasteiger partial charge in [-0.15, -0.1) is 0 Å². The van der Waals surface area contributed by atoms with Crippen LogP contribution in [0.5, 0.6) is 17.2 Å². The van der Waals surface area contributed by atoms with Gasteiger partial charge in [0.1, 0.15) is 29.7 Å². The van der Waals surface area contributed by atoms with Gasteiger partial charge in [-0.25, -0.2) is 4.39 Å². The lowest BCUT2D eigenvalue weighted by Gasteiger charge is -2.23. The summed E-state index contributed by atoms with van der Waals surface area (Å²) in [6.07, 6.45) is 1.99. The van der Waals surface area contributed by atoms with Crippen LogP contribution in [0.2, 0.25) is 0 Å². The molecule has 0 spiro atoms. The maximum atomic E-state index is 13.2. The Morgan fingerprint density at radius 3 is 2.25 bits per heavy atom. The van der Waals surface area contributed by atoms with E-state index in [2.05, 4.69) is 0 Å². The van der Waals surface area contributed by atoms with Gasteiger partial charge in [0.05, 0.1) is 14.2 Å². The zero-order chi connectivity index (χ0) is 22.5. The molecule has 1 amide bonds. The highest BCUT2D eigenvalue weighted by atomic mass is 19.1. The largest absolute Gasteiger partial charge is 0.497 e. The molecule has 0 heterocycles. The number of nitrogens with zero attached hydrogens (tertiary/aromatic N) is 1. The number of hydrogen-bond acceptors (Lipinski definition) is 4. The van der Waals surface area contributed by atoms with Crippen molar-refractivity contribution in [2.45, 2.75) is 32.0 Å². The number of benzene rings is 3. The third-order valence-electron chi connectivity index (χ3n) is 5.50. The summed E-state index contributed by atoms with van der Waals surface area (Å²) in [5.41, 5.74) is 2.41. The molecule has 3 aromatic rings.